The van der Waals surface area contributed by atoms with E-state index in [1.54, 1.807) is 0 Å². The lowest BCUT2D eigenvalue weighted by Gasteiger charge is -2.11. The molecule has 12 heteroatoms. The van der Waals surface area contributed by atoms with Gasteiger partial charge in [0.05, 0.1) is 5.02 Å². The molecule has 2 rings (SSSR count). The van der Waals surface area contributed by atoms with Gasteiger partial charge in [0.15, 0.2) is 0 Å². The molecule has 2 aromatic rings. The van der Waals surface area contributed by atoms with Gasteiger partial charge in [0, 0.05) is 34.4 Å². The first-order chi connectivity index (χ1) is 12.9. The monoisotopic (exact) mass is 443 g/mol. The number of nitrogens with zero attached hydrogens (tertiary/aromatic N) is 1. The Morgan fingerprint density at radius 2 is 1.89 bits per heavy atom. The van der Waals surface area contributed by atoms with E-state index in [2.05, 4.69) is 15.0 Å². The number of aromatic nitrogens is 1. The smallest absolute Gasteiger partial charge is 0.404 e. The molecule has 0 unspecified atom stereocenters. The average molecular weight is 444 g/mol. The number of nitrogens with two attached hydrogens (primary N) is 1. The summed E-state index contributed by atoms with van der Waals surface area (Å²) >= 11 is 6.79. The lowest BCUT2D eigenvalue weighted by atomic mass is 10.3. The largest absolute Gasteiger partial charge is 0.573 e. The number of hydrogen-bond acceptors (Lipinski definition) is 5. The highest BCUT2D eigenvalue weighted by Gasteiger charge is 2.33. The second-order valence-corrected chi connectivity index (χ2v) is 6.68. The third-order valence-corrected chi connectivity index (χ3v) is 4.37. The van der Waals surface area contributed by atoms with E-state index in [9.17, 15) is 26.3 Å². The van der Waals surface area contributed by atoms with E-state index in [4.69, 9.17) is 17.3 Å². The van der Waals surface area contributed by atoms with Crippen molar-refractivity contribution in [1.82, 2.24) is 4.98 Å². The molecule has 1 aromatic carbocycles. The number of benzene rings is 1. The highest BCUT2D eigenvalue weighted by molar-refractivity contribution is 7.99. The van der Waals surface area contributed by atoms with Gasteiger partial charge in [-0.1, -0.05) is 11.6 Å². The molecule has 0 saturated heterocycles. The summed E-state index contributed by atoms with van der Waals surface area (Å²) in [6.07, 6.45) is -7.00. The number of thioether (sulfide) groups is 1. The number of hydrogen-bond donors (Lipinski definition) is 2. The lowest BCUT2D eigenvalue weighted by molar-refractivity contribution is -0.274. The van der Waals surface area contributed by atoms with Crippen molar-refractivity contribution in [3.63, 3.8) is 0 Å². The molecule has 0 aliphatic carbocycles. The van der Waals surface area contributed by atoms with Crippen molar-refractivity contribution < 1.29 is 31.1 Å². The van der Waals surface area contributed by atoms with Gasteiger partial charge in [-0.2, -0.15) is 13.2 Å². The summed E-state index contributed by atoms with van der Waals surface area (Å²) in [7, 11) is 0. The van der Waals surface area contributed by atoms with E-state index >= 15 is 0 Å². The standard InChI is InChI=1S/C16H12ClF6N3OS/c17-12-5-10(1-2-13(12)27-16(21,22)23)26-7-9(24)8-28-11-3-4-25-14(6-11)15(18,19)20/h1-7,26H,8,24H2/b9-7-. The number of ether oxygens (including phenoxy) is 1. The maximum absolute atomic E-state index is 12.6. The molecule has 0 radical (unpaired) electrons. The molecule has 1 heterocycles. The minimum Gasteiger partial charge on any atom is -0.404 e. The van der Waals surface area contributed by atoms with Crippen molar-refractivity contribution in [1.29, 1.82) is 0 Å². The van der Waals surface area contributed by atoms with Crippen molar-refractivity contribution in [2.45, 2.75) is 17.4 Å². The van der Waals surface area contributed by atoms with Gasteiger partial charge in [0.2, 0.25) is 0 Å². The van der Waals surface area contributed by atoms with Gasteiger partial charge >= 0.3 is 12.5 Å². The van der Waals surface area contributed by atoms with Crippen LogP contribution >= 0.6 is 23.4 Å². The van der Waals surface area contributed by atoms with Crippen LogP contribution < -0.4 is 15.8 Å². The van der Waals surface area contributed by atoms with Crippen LogP contribution in [-0.2, 0) is 6.18 Å². The van der Waals surface area contributed by atoms with E-state index < -0.39 is 24.0 Å². The van der Waals surface area contributed by atoms with Crippen LogP contribution in [0.25, 0.3) is 0 Å². The number of nitrogens with one attached hydrogen (secondary N) is 1. The molecule has 0 saturated carbocycles. The van der Waals surface area contributed by atoms with Gasteiger partial charge in [-0.05, 0) is 30.3 Å². The van der Waals surface area contributed by atoms with Crippen molar-refractivity contribution in [2.24, 2.45) is 5.73 Å². The molecule has 28 heavy (non-hydrogen) atoms. The highest BCUT2D eigenvalue weighted by Crippen LogP contribution is 2.32. The van der Waals surface area contributed by atoms with Crippen LogP contribution in [0, 0.1) is 0 Å². The number of pyridine rings is 1. The van der Waals surface area contributed by atoms with Crippen LogP contribution in [0.1, 0.15) is 5.69 Å². The Balaban J connectivity index is 1.95. The van der Waals surface area contributed by atoms with Crippen LogP contribution in [0.15, 0.2) is 53.3 Å². The molecule has 0 fully saturated rings. The second-order valence-electron chi connectivity index (χ2n) is 5.22. The maximum atomic E-state index is 12.6. The summed E-state index contributed by atoms with van der Waals surface area (Å²) in [5.74, 6) is -0.387. The Labute approximate surface area is 164 Å². The molecule has 0 bridgehead atoms. The van der Waals surface area contributed by atoms with Gasteiger partial charge in [-0.3, -0.25) is 4.98 Å². The Morgan fingerprint density at radius 1 is 1.18 bits per heavy atom. The Bertz CT molecular complexity index is 857. The van der Waals surface area contributed by atoms with Gasteiger partial charge in [0.1, 0.15) is 11.4 Å². The van der Waals surface area contributed by atoms with Crippen molar-refractivity contribution in [3.8, 4) is 5.75 Å². The van der Waals surface area contributed by atoms with Crippen LogP contribution in [-0.4, -0.2) is 17.1 Å². The molecular weight excluding hydrogens is 432 g/mol. The first kappa shape index (κ1) is 22.0. The van der Waals surface area contributed by atoms with Crippen LogP contribution in [0.2, 0.25) is 5.02 Å². The summed E-state index contributed by atoms with van der Waals surface area (Å²) in [6.45, 7) is 0. The van der Waals surface area contributed by atoms with E-state index in [0.29, 0.717) is 10.6 Å². The fraction of sp³-hybridized carbons (Fsp3) is 0.188. The summed E-state index contributed by atoms with van der Waals surface area (Å²) in [5, 5.41) is 2.47. The minimum atomic E-state index is -4.86. The Morgan fingerprint density at radius 3 is 2.50 bits per heavy atom. The third-order valence-electron chi connectivity index (χ3n) is 3.01. The van der Waals surface area contributed by atoms with E-state index in [1.807, 2.05) is 0 Å². The van der Waals surface area contributed by atoms with E-state index in [1.165, 1.54) is 24.4 Å². The second kappa shape index (κ2) is 8.82. The van der Waals surface area contributed by atoms with Gasteiger partial charge in [-0.15, -0.1) is 24.9 Å². The first-order valence-corrected chi connectivity index (χ1v) is 8.73. The molecule has 0 amide bonds. The highest BCUT2D eigenvalue weighted by atomic mass is 35.5. The van der Waals surface area contributed by atoms with Crippen molar-refractivity contribution >= 4 is 29.1 Å². The first-order valence-electron chi connectivity index (χ1n) is 7.36. The number of rotatable bonds is 6. The molecule has 3 N–H and O–H groups in total. The molecule has 0 aliphatic rings. The Kier molecular flexibility index (Phi) is 6.94. The third kappa shape index (κ3) is 7.04. The lowest BCUT2D eigenvalue weighted by Crippen LogP contribution is -2.17. The molecule has 0 aliphatic heterocycles. The maximum Gasteiger partial charge on any atom is 0.573 e. The zero-order chi connectivity index (χ0) is 20.9. The summed E-state index contributed by atoms with van der Waals surface area (Å²) in [6, 6.07) is 5.86. The molecule has 0 spiro atoms. The quantitative estimate of drug-likeness (QED) is 0.446. The summed E-state index contributed by atoms with van der Waals surface area (Å²) in [5.41, 5.74) is 5.40. The predicted octanol–water partition coefficient (Wildman–Crippen LogP) is 5.66. The topological polar surface area (TPSA) is 60.2 Å². The summed E-state index contributed by atoms with van der Waals surface area (Å²) < 4.78 is 78.2. The SMILES string of the molecule is N/C(=C\Nc1ccc(OC(F)(F)F)c(Cl)c1)CSc1ccnc(C(F)(F)F)c1. The fourth-order valence-electron chi connectivity index (χ4n) is 1.84. The fourth-order valence-corrected chi connectivity index (χ4v) is 2.83. The number of anilines is 1. The van der Waals surface area contributed by atoms with Gasteiger partial charge in [0.25, 0.3) is 0 Å². The zero-order valence-electron chi connectivity index (χ0n) is 13.7. The number of alkyl halides is 6. The molecular formula is C16H12ClF6N3OS. The molecule has 1 aromatic heterocycles. The van der Waals surface area contributed by atoms with E-state index in [-0.39, 0.29) is 16.5 Å². The van der Waals surface area contributed by atoms with Crippen LogP contribution in [0.5, 0.6) is 5.75 Å². The van der Waals surface area contributed by atoms with Crippen LogP contribution in [0.4, 0.5) is 32.0 Å². The predicted molar refractivity (Wildman–Crippen MR) is 94.0 cm³/mol. The van der Waals surface area contributed by atoms with E-state index in [0.717, 1.165) is 30.1 Å². The number of halogens is 7. The summed E-state index contributed by atoms with van der Waals surface area (Å²) in [4.78, 5) is 3.59. The molecule has 4 nitrogen and oxygen atoms in total. The Hall–Kier alpha value is -2.27. The van der Waals surface area contributed by atoms with Crippen molar-refractivity contribution in [2.75, 3.05) is 11.1 Å². The van der Waals surface area contributed by atoms with Gasteiger partial charge in [-0.25, -0.2) is 0 Å². The normalized spacial score (nSPS) is 12.8. The molecule has 0 atom stereocenters. The molecule has 152 valence electrons. The van der Waals surface area contributed by atoms with Crippen LogP contribution in [0.3, 0.4) is 0 Å². The minimum absolute atomic E-state index is 0.164. The zero-order valence-corrected chi connectivity index (χ0v) is 15.3. The average Bonchev–Trinajstić information content (AvgIpc) is 2.59. The van der Waals surface area contributed by atoms with Crippen molar-refractivity contribution in [3.05, 3.63) is 59.1 Å². The van der Waals surface area contributed by atoms with Gasteiger partial charge < -0.3 is 15.8 Å².